The van der Waals surface area contributed by atoms with Crippen LogP contribution in [0.2, 0.25) is 0 Å². The van der Waals surface area contributed by atoms with Crippen molar-refractivity contribution < 1.29 is 9.15 Å². The fourth-order valence-electron chi connectivity index (χ4n) is 3.95. The Kier molecular flexibility index (Phi) is 8.21. The molecule has 2 saturated heterocycles. The number of rotatable bonds is 6. The topological polar surface area (TPSA) is 50.0 Å². The molecular formula is C22H30IN3O2. The molecule has 28 heavy (non-hydrogen) atoms. The Bertz CT molecular complexity index is 715. The predicted octanol–water partition coefficient (Wildman–Crippen LogP) is 4.05. The Labute approximate surface area is 184 Å². The van der Waals surface area contributed by atoms with E-state index in [4.69, 9.17) is 14.1 Å². The summed E-state index contributed by atoms with van der Waals surface area (Å²) in [6.45, 7) is 4.50. The van der Waals surface area contributed by atoms with Crippen LogP contribution in [0.15, 0.2) is 58.1 Å². The number of hydrogen-bond donors (Lipinski definition) is 1. The number of hydrogen-bond acceptors (Lipinski definition) is 3. The molecule has 0 spiro atoms. The van der Waals surface area contributed by atoms with Gasteiger partial charge in [-0.2, -0.15) is 0 Å². The quantitative estimate of drug-likeness (QED) is 0.373. The average Bonchev–Trinajstić information content (AvgIpc) is 3.48. The molecule has 2 aliphatic rings. The third-order valence-electron chi connectivity index (χ3n) is 5.46. The normalized spacial score (nSPS) is 22.3. The molecule has 4 rings (SSSR count). The Morgan fingerprint density at radius 3 is 2.79 bits per heavy atom. The monoisotopic (exact) mass is 495 g/mol. The number of benzene rings is 1. The van der Waals surface area contributed by atoms with Gasteiger partial charge in [0.15, 0.2) is 5.96 Å². The lowest BCUT2D eigenvalue weighted by atomic mass is 9.99. The number of nitrogens with zero attached hydrogens (tertiary/aromatic N) is 2. The Morgan fingerprint density at radius 2 is 2.04 bits per heavy atom. The van der Waals surface area contributed by atoms with Gasteiger partial charge in [0, 0.05) is 38.6 Å². The Balaban J connectivity index is 0.00000225. The van der Waals surface area contributed by atoms with Crippen molar-refractivity contribution in [2.24, 2.45) is 4.99 Å². The van der Waals surface area contributed by atoms with Crippen molar-refractivity contribution in [1.82, 2.24) is 10.2 Å². The van der Waals surface area contributed by atoms with Gasteiger partial charge in [0.05, 0.1) is 18.9 Å². The molecular weight excluding hydrogens is 465 g/mol. The van der Waals surface area contributed by atoms with Gasteiger partial charge in [0.1, 0.15) is 5.76 Å². The maximum absolute atomic E-state index is 5.75. The van der Waals surface area contributed by atoms with E-state index in [2.05, 4.69) is 40.5 Å². The first-order valence-corrected chi connectivity index (χ1v) is 10.1. The largest absolute Gasteiger partial charge is 0.469 e. The minimum Gasteiger partial charge on any atom is -0.469 e. The second kappa shape index (κ2) is 10.9. The van der Waals surface area contributed by atoms with E-state index in [0.717, 1.165) is 63.8 Å². The molecule has 0 radical (unpaired) electrons. The third-order valence-corrected chi connectivity index (χ3v) is 5.46. The second-order valence-corrected chi connectivity index (χ2v) is 7.40. The van der Waals surface area contributed by atoms with Crippen molar-refractivity contribution in [3.8, 4) is 0 Å². The average molecular weight is 495 g/mol. The van der Waals surface area contributed by atoms with E-state index in [9.17, 15) is 0 Å². The van der Waals surface area contributed by atoms with Crippen LogP contribution in [0.3, 0.4) is 0 Å². The van der Waals surface area contributed by atoms with E-state index in [0.29, 0.717) is 5.92 Å². The summed E-state index contributed by atoms with van der Waals surface area (Å²) >= 11 is 0. The third kappa shape index (κ3) is 5.73. The van der Waals surface area contributed by atoms with E-state index in [1.807, 2.05) is 12.1 Å². The molecule has 5 nitrogen and oxygen atoms in total. The zero-order chi connectivity index (χ0) is 18.3. The fraction of sp³-hybridized carbons (Fsp3) is 0.500. The fourth-order valence-corrected chi connectivity index (χ4v) is 3.95. The van der Waals surface area contributed by atoms with Gasteiger partial charge >= 0.3 is 0 Å². The molecule has 0 saturated carbocycles. The van der Waals surface area contributed by atoms with Gasteiger partial charge in [-0.3, -0.25) is 4.99 Å². The molecule has 3 heterocycles. The molecule has 2 atom stereocenters. The zero-order valence-corrected chi connectivity index (χ0v) is 18.6. The van der Waals surface area contributed by atoms with E-state index in [1.54, 1.807) is 6.26 Å². The summed E-state index contributed by atoms with van der Waals surface area (Å²) in [6, 6.07) is 14.8. The number of furan rings is 1. The Morgan fingerprint density at radius 1 is 1.14 bits per heavy atom. The first kappa shape index (κ1) is 21.2. The highest BCUT2D eigenvalue weighted by atomic mass is 127. The van der Waals surface area contributed by atoms with Crippen LogP contribution in [0.1, 0.15) is 36.5 Å². The van der Waals surface area contributed by atoms with Gasteiger partial charge in [-0.25, -0.2) is 0 Å². The standard InChI is InChI=1S/C22H29N3O2.HI/c1-2-6-18(7-3-1)19-11-13-25(17-19)22(24-16-21-9-5-15-27-21)23-12-10-20-8-4-14-26-20;/h1-4,6-8,14,19,21H,5,9-13,15-17H2,(H,23,24);1H. The minimum absolute atomic E-state index is 0. The number of nitrogens with one attached hydrogen (secondary N) is 1. The predicted molar refractivity (Wildman–Crippen MR) is 122 cm³/mol. The maximum Gasteiger partial charge on any atom is 0.194 e. The SMILES string of the molecule is I.c1ccc(C2CCN(C(=NCC3CCCO3)NCCc3ccco3)C2)cc1. The Hall–Kier alpha value is -1.54. The van der Waals surface area contributed by atoms with Gasteiger partial charge in [-0.05, 0) is 37.0 Å². The highest BCUT2D eigenvalue weighted by molar-refractivity contribution is 14.0. The molecule has 0 aliphatic carbocycles. The van der Waals surface area contributed by atoms with E-state index in [1.165, 1.54) is 12.0 Å². The zero-order valence-electron chi connectivity index (χ0n) is 16.3. The van der Waals surface area contributed by atoms with Crippen LogP contribution in [-0.4, -0.2) is 49.7 Å². The number of ether oxygens (including phenoxy) is 1. The van der Waals surface area contributed by atoms with Gasteiger partial charge in [0.2, 0.25) is 0 Å². The van der Waals surface area contributed by atoms with Crippen LogP contribution in [0, 0.1) is 0 Å². The number of aliphatic imine (C=N–C) groups is 1. The van der Waals surface area contributed by atoms with Crippen LogP contribution >= 0.6 is 24.0 Å². The summed E-state index contributed by atoms with van der Waals surface area (Å²) in [6.07, 6.45) is 6.31. The summed E-state index contributed by atoms with van der Waals surface area (Å²) < 4.78 is 11.2. The van der Waals surface area contributed by atoms with Crippen molar-refractivity contribution in [3.63, 3.8) is 0 Å². The van der Waals surface area contributed by atoms with Crippen molar-refractivity contribution in [1.29, 1.82) is 0 Å². The lowest BCUT2D eigenvalue weighted by Crippen LogP contribution is -2.41. The van der Waals surface area contributed by atoms with Crippen molar-refractivity contribution >= 4 is 29.9 Å². The highest BCUT2D eigenvalue weighted by Gasteiger charge is 2.26. The van der Waals surface area contributed by atoms with E-state index < -0.39 is 0 Å². The van der Waals surface area contributed by atoms with Crippen LogP contribution in [0.4, 0.5) is 0 Å². The molecule has 1 aromatic carbocycles. The van der Waals surface area contributed by atoms with Gasteiger partial charge in [-0.1, -0.05) is 30.3 Å². The molecule has 1 N–H and O–H groups in total. The molecule has 2 fully saturated rings. The van der Waals surface area contributed by atoms with Crippen LogP contribution in [0.5, 0.6) is 0 Å². The first-order chi connectivity index (χ1) is 13.4. The summed E-state index contributed by atoms with van der Waals surface area (Å²) in [5.74, 6) is 2.59. The lowest BCUT2D eigenvalue weighted by Gasteiger charge is -2.23. The van der Waals surface area contributed by atoms with Crippen molar-refractivity contribution in [3.05, 3.63) is 60.1 Å². The smallest absolute Gasteiger partial charge is 0.194 e. The van der Waals surface area contributed by atoms with Gasteiger partial charge < -0.3 is 19.4 Å². The lowest BCUT2D eigenvalue weighted by molar-refractivity contribution is 0.117. The van der Waals surface area contributed by atoms with Gasteiger partial charge in [-0.15, -0.1) is 24.0 Å². The summed E-state index contributed by atoms with van der Waals surface area (Å²) in [4.78, 5) is 7.31. The summed E-state index contributed by atoms with van der Waals surface area (Å²) in [5, 5.41) is 3.56. The van der Waals surface area contributed by atoms with Crippen molar-refractivity contribution in [2.45, 2.75) is 37.7 Å². The number of guanidine groups is 1. The summed E-state index contributed by atoms with van der Waals surface area (Å²) in [7, 11) is 0. The van der Waals surface area contributed by atoms with Crippen LogP contribution < -0.4 is 5.32 Å². The molecule has 6 heteroatoms. The van der Waals surface area contributed by atoms with Gasteiger partial charge in [0.25, 0.3) is 0 Å². The summed E-state index contributed by atoms with van der Waals surface area (Å²) in [5.41, 5.74) is 1.43. The molecule has 0 amide bonds. The van der Waals surface area contributed by atoms with E-state index in [-0.39, 0.29) is 30.1 Å². The molecule has 0 bridgehead atoms. The molecule has 2 aromatic rings. The molecule has 152 valence electrons. The first-order valence-electron chi connectivity index (χ1n) is 10.1. The maximum atomic E-state index is 5.75. The number of halogens is 1. The molecule has 2 aliphatic heterocycles. The highest BCUT2D eigenvalue weighted by Crippen LogP contribution is 2.27. The van der Waals surface area contributed by atoms with Crippen molar-refractivity contribution in [2.75, 3.05) is 32.8 Å². The molecule has 2 unspecified atom stereocenters. The minimum atomic E-state index is 0. The number of likely N-dealkylation sites (tertiary alicyclic amines) is 1. The van der Waals surface area contributed by atoms with E-state index >= 15 is 0 Å². The second-order valence-electron chi connectivity index (χ2n) is 7.40. The van der Waals surface area contributed by atoms with Crippen LogP contribution in [-0.2, 0) is 11.2 Å². The molecule has 1 aromatic heterocycles. The van der Waals surface area contributed by atoms with Crippen LogP contribution in [0.25, 0.3) is 0 Å².